The van der Waals surface area contributed by atoms with Crippen molar-refractivity contribution in [3.63, 3.8) is 0 Å². The number of hydrogen-bond acceptors (Lipinski definition) is 6. The van der Waals surface area contributed by atoms with E-state index in [-0.39, 0.29) is 29.3 Å². The van der Waals surface area contributed by atoms with Crippen LogP contribution in [0.25, 0.3) is 0 Å². The minimum atomic E-state index is -0.658. The lowest BCUT2D eigenvalue weighted by Gasteiger charge is -2.14. The van der Waals surface area contributed by atoms with Crippen LogP contribution < -0.4 is 5.32 Å². The van der Waals surface area contributed by atoms with Crippen molar-refractivity contribution >= 4 is 23.1 Å². The normalized spacial score (nSPS) is 12.2. The summed E-state index contributed by atoms with van der Waals surface area (Å²) < 4.78 is 0. The van der Waals surface area contributed by atoms with Crippen LogP contribution in [0.2, 0.25) is 5.15 Å². The molecule has 0 bridgehead atoms. The summed E-state index contributed by atoms with van der Waals surface area (Å²) in [6, 6.07) is -0.301. The minimum Gasteiger partial charge on any atom is -0.394 e. The molecule has 0 spiro atoms. The summed E-state index contributed by atoms with van der Waals surface area (Å²) in [7, 11) is 0. The zero-order chi connectivity index (χ0) is 12.1. The number of halogens is 1. The summed E-state index contributed by atoms with van der Waals surface area (Å²) in [6.45, 7) is 1.69. The Bertz CT molecular complexity index is 384. The first kappa shape index (κ1) is 12.6. The van der Waals surface area contributed by atoms with Gasteiger partial charge in [0.2, 0.25) is 11.0 Å². The van der Waals surface area contributed by atoms with Crippen molar-refractivity contribution in [1.29, 1.82) is 0 Å². The molecule has 1 unspecified atom stereocenters. The van der Waals surface area contributed by atoms with E-state index in [4.69, 9.17) is 16.7 Å². The predicted molar refractivity (Wildman–Crippen MR) is 58.5 cm³/mol. The van der Waals surface area contributed by atoms with Crippen LogP contribution in [0.4, 0.5) is 11.5 Å². The van der Waals surface area contributed by atoms with E-state index >= 15 is 0 Å². The second kappa shape index (κ2) is 5.57. The molecule has 7 nitrogen and oxygen atoms in total. The zero-order valence-electron chi connectivity index (χ0n) is 8.55. The van der Waals surface area contributed by atoms with Crippen molar-refractivity contribution in [1.82, 2.24) is 9.97 Å². The van der Waals surface area contributed by atoms with Crippen molar-refractivity contribution in [2.45, 2.75) is 19.4 Å². The van der Waals surface area contributed by atoms with Crippen LogP contribution in [-0.2, 0) is 0 Å². The van der Waals surface area contributed by atoms with Gasteiger partial charge in [-0.3, -0.25) is 10.1 Å². The Hall–Kier alpha value is -1.47. The highest BCUT2D eigenvalue weighted by atomic mass is 35.5. The van der Waals surface area contributed by atoms with E-state index in [1.165, 1.54) is 0 Å². The first-order valence-corrected chi connectivity index (χ1v) is 5.00. The molecular weight excluding hydrogens is 236 g/mol. The van der Waals surface area contributed by atoms with Gasteiger partial charge in [0.15, 0.2) is 0 Å². The molecule has 2 N–H and O–H groups in total. The lowest BCUT2D eigenvalue weighted by Crippen LogP contribution is -2.23. The topological polar surface area (TPSA) is 101 Å². The quantitative estimate of drug-likeness (QED) is 0.460. The number of nitrogens with zero attached hydrogens (tertiary/aromatic N) is 3. The number of anilines is 1. The molecule has 88 valence electrons. The van der Waals surface area contributed by atoms with Gasteiger partial charge in [0.05, 0.1) is 17.6 Å². The number of aliphatic hydroxyl groups excluding tert-OH is 1. The Labute approximate surface area is 96.6 Å². The van der Waals surface area contributed by atoms with Crippen molar-refractivity contribution in [3.05, 3.63) is 21.6 Å². The standard InChI is InChI=1S/C8H11ClN4O3/c1-2-5(3-14)12-8-6(13(15)16)7(9)10-4-11-8/h4-5,14H,2-3H2,1H3,(H,10,11,12). The summed E-state index contributed by atoms with van der Waals surface area (Å²) in [6.07, 6.45) is 1.73. The number of nitrogens with one attached hydrogen (secondary N) is 1. The summed E-state index contributed by atoms with van der Waals surface area (Å²) >= 11 is 5.60. The third-order valence-corrected chi connectivity index (χ3v) is 2.29. The molecule has 0 fully saturated rings. The van der Waals surface area contributed by atoms with Gasteiger partial charge in [-0.25, -0.2) is 9.97 Å². The molecule has 0 aliphatic carbocycles. The summed E-state index contributed by atoms with van der Waals surface area (Å²) in [4.78, 5) is 17.3. The smallest absolute Gasteiger partial charge is 0.348 e. The van der Waals surface area contributed by atoms with Gasteiger partial charge >= 0.3 is 5.69 Å². The Balaban J connectivity index is 3.03. The monoisotopic (exact) mass is 246 g/mol. The molecule has 1 atom stereocenters. The molecule has 0 aliphatic rings. The fraction of sp³-hybridized carbons (Fsp3) is 0.500. The molecule has 0 aliphatic heterocycles. The lowest BCUT2D eigenvalue weighted by atomic mass is 10.2. The molecule has 1 rings (SSSR count). The average Bonchev–Trinajstić information content (AvgIpc) is 2.25. The van der Waals surface area contributed by atoms with E-state index in [1.54, 1.807) is 0 Å². The van der Waals surface area contributed by atoms with Crippen LogP contribution in [0.15, 0.2) is 6.33 Å². The van der Waals surface area contributed by atoms with Crippen LogP contribution in [0.3, 0.4) is 0 Å². The van der Waals surface area contributed by atoms with Crippen LogP contribution in [0, 0.1) is 10.1 Å². The molecule has 0 saturated carbocycles. The van der Waals surface area contributed by atoms with Gasteiger partial charge in [-0.1, -0.05) is 18.5 Å². The van der Waals surface area contributed by atoms with Crippen molar-refractivity contribution in [3.8, 4) is 0 Å². The predicted octanol–water partition coefficient (Wildman–Crippen LogP) is 1.22. The van der Waals surface area contributed by atoms with Crippen LogP contribution in [-0.4, -0.2) is 32.6 Å². The highest BCUT2D eigenvalue weighted by Crippen LogP contribution is 2.28. The van der Waals surface area contributed by atoms with Gasteiger partial charge in [0.25, 0.3) is 0 Å². The Morgan fingerprint density at radius 1 is 1.69 bits per heavy atom. The Morgan fingerprint density at radius 3 is 2.88 bits per heavy atom. The van der Waals surface area contributed by atoms with Crippen molar-refractivity contribution < 1.29 is 10.0 Å². The molecule has 0 aromatic carbocycles. The number of rotatable bonds is 5. The van der Waals surface area contributed by atoms with Gasteiger partial charge in [-0.2, -0.15) is 0 Å². The summed E-state index contributed by atoms with van der Waals surface area (Å²) in [5, 5.41) is 22.2. The van der Waals surface area contributed by atoms with Gasteiger partial charge in [-0.05, 0) is 6.42 Å². The zero-order valence-corrected chi connectivity index (χ0v) is 9.31. The first-order chi connectivity index (χ1) is 7.60. The van der Waals surface area contributed by atoms with E-state index in [0.717, 1.165) is 6.33 Å². The Kier molecular flexibility index (Phi) is 4.39. The van der Waals surface area contributed by atoms with Gasteiger partial charge < -0.3 is 10.4 Å². The second-order valence-corrected chi connectivity index (χ2v) is 3.41. The molecule has 0 radical (unpaired) electrons. The highest BCUT2D eigenvalue weighted by molar-refractivity contribution is 6.31. The highest BCUT2D eigenvalue weighted by Gasteiger charge is 2.22. The van der Waals surface area contributed by atoms with E-state index < -0.39 is 4.92 Å². The number of hydrogen-bond donors (Lipinski definition) is 2. The SMILES string of the molecule is CCC(CO)Nc1ncnc(Cl)c1[N+](=O)[O-]. The number of nitro groups is 1. The summed E-state index contributed by atoms with van der Waals surface area (Å²) in [5.41, 5.74) is -0.379. The third-order valence-electron chi connectivity index (χ3n) is 2.01. The maximum atomic E-state index is 10.7. The van der Waals surface area contributed by atoms with Gasteiger partial charge in [0.1, 0.15) is 6.33 Å². The maximum absolute atomic E-state index is 10.7. The average molecular weight is 247 g/mol. The van der Waals surface area contributed by atoms with Crippen molar-refractivity contribution in [2.24, 2.45) is 0 Å². The molecule has 0 amide bonds. The third kappa shape index (κ3) is 2.77. The Morgan fingerprint density at radius 2 is 2.38 bits per heavy atom. The number of aliphatic hydroxyl groups is 1. The van der Waals surface area contributed by atoms with E-state index in [1.807, 2.05) is 6.92 Å². The molecule has 16 heavy (non-hydrogen) atoms. The number of aromatic nitrogens is 2. The van der Waals surface area contributed by atoms with Crippen molar-refractivity contribution in [2.75, 3.05) is 11.9 Å². The first-order valence-electron chi connectivity index (χ1n) is 4.62. The lowest BCUT2D eigenvalue weighted by molar-refractivity contribution is -0.384. The fourth-order valence-corrected chi connectivity index (χ4v) is 1.30. The minimum absolute atomic E-state index is 0.0194. The molecule has 1 heterocycles. The maximum Gasteiger partial charge on any atom is 0.348 e. The van der Waals surface area contributed by atoms with E-state index in [9.17, 15) is 10.1 Å². The van der Waals surface area contributed by atoms with Gasteiger partial charge in [-0.15, -0.1) is 0 Å². The molecule has 1 aromatic rings. The van der Waals surface area contributed by atoms with Crippen LogP contribution >= 0.6 is 11.6 Å². The second-order valence-electron chi connectivity index (χ2n) is 3.05. The van der Waals surface area contributed by atoms with Crippen LogP contribution in [0.5, 0.6) is 0 Å². The van der Waals surface area contributed by atoms with Crippen LogP contribution in [0.1, 0.15) is 13.3 Å². The molecule has 8 heteroatoms. The van der Waals surface area contributed by atoms with E-state index in [2.05, 4.69) is 15.3 Å². The fourth-order valence-electron chi connectivity index (χ4n) is 1.09. The molecular formula is C8H11ClN4O3. The largest absolute Gasteiger partial charge is 0.394 e. The summed E-state index contributed by atoms with van der Waals surface area (Å²) in [5.74, 6) is 0.0194. The molecule has 1 aromatic heterocycles. The van der Waals surface area contributed by atoms with Gasteiger partial charge in [0, 0.05) is 0 Å². The van der Waals surface area contributed by atoms with E-state index in [0.29, 0.717) is 6.42 Å². The molecule has 0 saturated heterocycles.